The Hall–Kier alpha value is -2.41. The molecule has 2 aromatic rings. The van der Waals surface area contributed by atoms with Gasteiger partial charge in [-0.15, -0.1) is 12.4 Å². The second kappa shape index (κ2) is 6.85. The molecule has 0 unspecified atom stereocenters. The molecule has 0 amide bonds. The van der Waals surface area contributed by atoms with Crippen molar-refractivity contribution in [2.45, 2.75) is 6.92 Å². The quantitative estimate of drug-likeness (QED) is 0.641. The van der Waals surface area contributed by atoms with Gasteiger partial charge in [-0.3, -0.25) is 0 Å². The van der Waals surface area contributed by atoms with Crippen molar-refractivity contribution in [3.8, 4) is 5.75 Å². The van der Waals surface area contributed by atoms with Crippen LogP contribution in [0.25, 0.3) is 11.0 Å². The fourth-order valence-corrected chi connectivity index (χ4v) is 1.70. The molecule has 7 nitrogen and oxygen atoms in total. The number of hydrogen-bond acceptors (Lipinski definition) is 6. The largest absolute Gasteiger partial charge is 0.479 e. The molecule has 0 atom stereocenters. The first-order valence-corrected chi connectivity index (χ1v) is 5.86. The van der Waals surface area contributed by atoms with E-state index in [1.54, 1.807) is 25.1 Å². The summed E-state index contributed by atoms with van der Waals surface area (Å²) in [5, 5.41) is 9.10. The maximum Gasteiger partial charge on any atom is 0.378 e. The van der Waals surface area contributed by atoms with Crippen molar-refractivity contribution in [1.82, 2.24) is 0 Å². The van der Waals surface area contributed by atoms with Crippen LogP contribution in [0.3, 0.4) is 0 Å². The Morgan fingerprint density at radius 2 is 2.10 bits per heavy atom. The van der Waals surface area contributed by atoms with Crippen LogP contribution in [0.5, 0.6) is 5.75 Å². The van der Waals surface area contributed by atoms with Gasteiger partial charge in [0.15, 0.2) is 12.4 Å². The number of halogens is 1. The highest BCUT2D eigenvalue weighted by Crippen LogP contribution is 2.34. The molecule has 1 aromatic heterocycles. The second-order valence-corrected chi connectivity index (χ2v) is 3.92. The van der Waals surface area contributed by atoms with Gasteiger partial charge in [0.1, 0.15) is 5.58 Å². The standard InChI is InChI=1S/C13H13NO6.ClH/c1-2-18-13(17)12-11(19-6-10(15)16)8-5-7(14)3-4-9(8)20-12;/h3-5H,2,6,14H2,1H3,(H,15,16);1H. The summed E-state index contributed by atoms with van der Waals surface area (Å²) >= 11 is 0. The third-order valence-corrected chi connectivity index (χ3v) is 2.47. The van der Waals surface area contributed by atoms with Gasteiger partial charge < -0.3 is 24.7 Å². The maximum atomic E-state index is 11.8. The van der Waals surface area contributed by atoms with Crippen LogP contribution in [-0.2, 0) is 9.53 Å². The molecule has 2 rings (SSSR count). The Morgan fingerprint density at radius 3 is 2.71 bits per heavy atom. The Kier molecular flexibility index (Phi) is 5.43. The number of carbonyl (C=O) groups excluding carboxylic acids is 1. The van der Waals surface area contributed by atoms with Gasteiger partial charge >= 0.3 is 11.9 Å². The number of carboxylic acid groups (broad SMARTS) is 1. The van der Waals surface area contributed by atoms with E-state index in [1.165, 1.54) is 0 Å². The van der Waals surface area contributed by atoms with Crippen LogP contribution < -0.4 is 10.5 Å². The number of ether oxygens (including phenoxy) is 2. The number of furan rings is 1. The van der Waals surface area contributed by atoms with Crippen molar-refractivity contribution in [1.29, 1.82) is 0 Å². The molecule has 0 bridgehead atoms. The minimum Gasteiger partial charge on any atom is -0.479 e. The van der Waals surface area contributed by atoms with Crippen molar-refractivity contribution in [2.24, 2.45) is 0 Å². The van der Waals surface area contributed by atoms with Gasteiger partial charge in [0, 0.05) is 5.69 Å². The monoisotopic (exact) mass is 315 g/mol. The summed E-state index contributed by atoms with van der Waals surface area (Å²) in [4.78, 5) is 22.4. The molecule has 0 aliphatic carbocycles. The van der Waals surface area contributed by atoms with E-state index in [-0.39, 0.29) is 30.5 Å². The summed E-state index contributed by atoms with van der Waals surface area (Å²) in [5.74, 6) is -2.04. The van der Waals surface area contributed by atoms with E-state index in [0.29, 0.717) is 16.7 Å². The van der Waals surface area contributed by atoms with E-state index >= 15 is 0 Å². The van der Waals surface area contributed by atoms with Gasteiger partial charge in [0.2, 0.25) is 0 Å². The molecular formula is C13H14ClNO6. The minimum absolute atomic E-state index is 0. The summed E-state index contributed by atoms with van der Waals surface area (Å²) in [6, 6.07) is 4.71. The number of carbonyl (C=O) groups is 2. The third-order valence-electron chi connectivity index (χ3n) is 2.47. The Morgan fingerprint density at radius 1 is 1.38 bits per heavy atom. The highest BCUT2D eigenvalue weighted by molar-refractivity contribution is 5.99. The van der Waals surface area contributed by atoms with E-state index < -0.39 is 18.5 Å². The Balaban J connectivity index is 0.00000220. The van der Waals surface area contributed by atoms with Crippen molar-refractivity contribution in [2.75, 3.05) is 18.9 Å². The van der Waals surface area contributed by atoms with E-state index in [9.17, 15) is 9.59 Å². The van der Waals surface area contributed by atoms with Gasteiger partial charge in [-0.05, 0) is 25.1 Å². The maximum absolute atomic E-state index is 11.8. The van der Waals surface area contributed by atoms with Crippen molar-refractivity contribution in [3.63, 3.8) is 0 Å². The number of hydrogen-bond donors (Lipinski definition) is 2. The molecule has 0 saturated carbocycles. The highest BCUT2D eigenvalue weighted by atomic mass is 35.5. The van der Waals surface area contributed by atoms with Crippen LogP contribution in [0, 0.1) is 0 Å². The molecule has 0 spiro atoms. The summed E-state index contributed by atoms with van der Waals surface area (Å²) in [6.45, 7) is 1.21. The summed E-state index contributed by atoms with van der Waals surface area (Å²) < 4.78 is 15.3. The van der Waals surface area contributed by atoms with Gasteiger partial charge in [-0.25, -0.2) is 9.59 Å². The lowest BCUT2D eigenvalue weighted by molar-refractivity contribution is -0.139. The zero-order valence-corrected chi connectivity index (χ0v) is 11.9. The lowest BCUT2D eigenvalue weighted by Gasteiger charge is -2.04. The molecule has 3 N–H and O–H groups in total. The van der Waals surface area contributed by atoms with E-state index in [0.717, 1.165) is 0 Å². The molecule has 0 saturated heterocycles. The van der Waals surface area contributed by atoms with E-state index in [4.69, 9.17) is 24.7 Å². The Labute approximate surface area is 126 Å². The van der Waals surface area contributed by atoms with Crippen molar-refractivity contribution in [3.05, 3.63) is 24.0 Å². The normalized spacial score (nSPS) is 9.95. The van der Waals surface area contributed by atoms with Gasteiger partial charge in [-0.1, -0.05) is 0 Å². The third kappa shape index (κ3) is 3.57. The first-order chi connectivity index (χ1) is 9.52. The number of carboxylic acids is 1. The van der Waals surface area contributed by atoms with Crippen LogP contribution in [-0.4, -0.2) is 30.3 Å². The molecule has 0 radical (unpaired) electrons. The lowest BCUT2D eigenvalue weighted by Crippen LogP contribution is -2.12. The number of aliphatic carboxylic acids is 1. The summed E-state index contributed by atoms with van der Waals surface area (Å²) in [7, 11) is 0. The first-order valence-electron chi connectivity index (χ1n) is 5.86. The van der Waals surface area contributed by atoms with Crippen LogP contribution in [0.15, 0.2) is 22.6 Å². The fourth-order valence-electron chi connectivity index (χ4n) is 1.70. The predicted octanol–water partition coefficient (Wildman–Crippen LogP) is 2.08. The SMILES string of the molecule is CCOC(=O)c1oc2ccc(N)cc2c1OCC(=O)O.Cl. The molecular weight excluding hydrogens is 302 g/mol. The van der Waals surface area contributed by atoms with Crippen LogP contribution >= 0.6 is 12.4 Å². The van der Waals surface area contributed by atoms with Gasteiger partial charge in [0.25, 0.3) is 5.76 Å². The van der Waals surface area contributed by atoms with Crippen LogP contribution in [0.1, 0.15) is 17.5 Å². The molecule has 21 heavy (non-hydrogen) atoms. The topological polar surface area (TPSA) is 112 Å². The van der Waals surface area contributed by atoms with Crippen molar-refractivity contribution < 1.29 is 28.6 Å². The predicted molar refractivity (Wildman–Crippen MR) is 77.0 cm³/mol. The van der Waals surface area contributed by atoms with Crippen LogP contribution in [0.4, 0.5) is 5.69 Å². The average Bonchev–Trinajstić information content (AvgIpc) is 2.74. The van der Waals surface area contributed by atoms with Gasteiger partial charge in [0.05, 0.1) is 12.0 Å². The van der Waals surface area contributed by atoms with Crippen molar-refractivity contribution >= 4 is 41.0 Å². The molecule has 0 aliphatic rings. The number of nitrogen functional groups attached to an aromatic ring is 1. The number of fused-ring (bicyclic) bond motifs is 1. The smallest absolute Gasteiger partial charge is 0.378 e. The summed E-state index contributed by atoms with van der Waals surface area (Å²) in [5.41, 5.74) is 6.47. The highest BCUT2D eigenvalue weighted by Gasteiger charge is 2.24. The first kappa shape index (κ1) is 16.6. The number of nitrogens with two attached hydrogens (primary N) is 1. The second-order valence-electron chi connectivity index (χ2n) is 3.92. The zero-order valence-electron chi connectivity index (χ0n) is 11.1. The summed E-state index contributed by atoms with van der Waals surface area (Å²) in [6.07, 6.45) is 0. The van der Waals surface area contributed by atoms with Crippen LogP contribution in [0.2, 0.25) is 0 Å². The van der Waals surface area contributed by atoms with E-state index in [1.807, 2.05) is 0 Å². The number of rotatable bonds is 5. The molecule has 114 valence electrons. The Bertz CT molecular complexity index is 666. The fraction of sp³-hybridized carbons (Fsp3) is 0.231. The number of anilines is 1. The molecule has 0 aliphatic heterocycles. The number of esters is 1. The molecule has 1 heterocycles. The average molecular weight is 316 g/mol. The molecule has 0 fully saturated rings. The van der Waals surface area contributed by atoms with E-state index in [2.05, 4.69) is 0 Å². The number of benzene rings is 1. The van der Waals surface area contributed by atoms with Gasteiger partial charge in [-0.2, -0.15) is 0 Å². The molecule has 1 aromatic carbocycles. The zero-order chi connectivity index (χ0) is 14.7. The minimum atomic E-state index is -1.17. The lowest BCUT2D eigenvalue weighted by atomic mass is 10.2. The molecule has 8 heteroatoms.